The molecule has 1 saturated heterocycles. The number of phenolic OH excluding ortho intramolecular Hbond substituents is 1. The van der Waals surface area contributed by atoms with E-state index in [9.17, 15) is 19.8 Å². The minimum atomic E-state index is -0.868. The lowest BCUT2D eigenvalue weighted by Gasteiger charge is -2.26. The fourth-order valence-corrected chi connectivity index (χ4v) is 4.24. The van der Waals surface area contributed by atoms with Crippen molar-refractivity contribution in [3.05, 3.63) is 53.1 Å². The maximum absolute atomic E-state index is 13.1. The van der Waals surface area contributed by atoms with Crippen LogP contribution < -0.4 is 14.2 Å². The van der Waals surface area contributed by atoms with Gasteiger partial charge in [0.2, 0.25) is 0 Å². The molecule has 0 saturated carbocycles. The van der Waals surface area contributed by atoms with Crippen molar-refractivity contribution in [2.45, 2.75) is 12.5 Å². The van der Waals surface area contributed by atoms with Crippen molar-refractivity contribution < 1.29 is 34.0 Å². The van der Waals surface area contributed by atoms with Crippen LogP contribution in [0.15, 0.2) is 42.0 Å². The topological polar surface area (TPSA) is 109 Å². The number of rotatable bonds is 7. The second kappa shape index (κ2) is 9.64. The van der Waals surface area contributed by atoms with Crippen molar-refractivity contribution in [3.63, 3.8) is 0 Å². The Morgan fingerprint density at radius 2 is 1.85 bits per heavy atom. The summed E-state index contributed by atoms with van der Waals surface area (Å²) >= 11 is 0. The van der Waals surface area contributed by atoms with E-state index in [2.05, 4.69) is 0 Å². The maximum Gasteiger partial charge on any atom is 0.295 e. The number of nitrogens with zero attached hydrogens (tertiary/aromatic N) is 2. The molecule has 2 N–H and O–H groups in total. The number of phenols is 1. The highest BCUT2D eigenvalue weighted by Crippen LogP contribution is 2.42. The Morgan fingerprint density at radius 1 is 1.12 bits per heavy atom. The second-order valence-corrected chi connectivity index (χ2v) is 8.44. The van der Waals surface area contributed by atoms with Crippen LogP contribution in [0.4, 0.5) is 0 Å². The molecule has 0 spiro atoms. The summed E-state index contributed by atoms with van der Waals surface area (Å²) in [6, 6.07) is 8.68. The molecule has 2 aromatic carbocycles. The molecule has 9 heteroatoms. The summed E-state index contributed by atoms with van der Waals surface area (Å²) in [6.07, 6.45) is 0.628. The zero-order valence-electron chi connectivity index (χ0n) is 19.4. The molecule has 1 atom stereocenters. The van der Waals surface area contributed by atoms with Crippen LogP contribution >= 0.6 is 0 Å². The lowest BCUT2D eigenvalue weighted by Crippen LogP contribution is -2.32. The van der Waals surface area contributed by atoms with E-state index in [1.807, 2.05) is 19.0 Å². The maximum atomic E-state index is 13.1. The van der Waals surface area contributed by atoms with E-state index in [4.69, 9.17) is 14.2 Å². The molecule has 2 aliphatic heterocycles. The normalized spacial score (nSPS) is 19.1. The van der Waals surface area contributed by atoms with Crippen LogP contribution in [0.5, 0.6) is 23.0 Å². The van der Waals surface area contributed by atoms with Crippen LogP contribution in [0.1, 0.15) is 23.6 Å². The number of Topliss-reactive ketones (excluding diaryl/α,β-unsaturated/α-hetero) is 1. The van der Waals surface area contributed by atoms with Crippen LogP contribution in [0, 0.1) is 0 Å². The number of ketones is 1. The van der Waals surface area contributed by atoms with Gasteiger partial charge in [0.25, 0.3) is 11.7 Å². The van der Waals surface area contributed by atoms with Crippen LogP contribution in [0.25, 0.3) is 5.76 Å². The number of hydrogen-bond donors (Lipinski definition) is 2. The quantitative estimate of drug-likeness (QED) is 0.363. The highest BCUT2D eigenvalue weighted by molar-refractivity contribution is 6.46. The van der Waals surface area contributed by atoms with E-state index in [1.165, 1.54) is 18.1 Å². The number of aromatic hydroxyl groups is 1. The van der Waals surface area contributed by atoms with Crippen LogP contribution in [-0.2, 0) is 9.59 Å². The smallest absolute Gasteiger partial charge is 0.295 e. The van der Waals surface area contributed by atoms with Crippen molar-refractivity contribution in [2.24, 2.45) is 0 Å². The number of fused-ring (bicyclic) bond motifs is 1. The number of amides is 1. The van der Waals surface area contributed by atoms with Crippen LogP contribution in [0.3, 0.4) is 0 Å². The number of likely N-dealkylation sites (tertiary alicyclic amines) is 1. The first-order valence-electron chi connectivity index (χ1n) is 11.0. The molecule has 2 heterocycles. The Kier molecular flexibility index (Phi) is 6.65. The SMILES string of the molecule is COc1ccc(C2/C(=C(/O)c3ccc4c(c3)OCCO4)C(=O)C(=O)N2CCCN(C)C)cc1O. The van der Waals surface area contributed by atoms with Gasteiger partial charge in [-0.25, -0.2) is 0 Å². The van der Waals surface area contributed by atoms with Gasteiger partial charge in [-0.15, -0.1) is 0 Å². The molecule has 180 valence electrons. The summed E-state index contributed by atoms with van der Waals surface area (Å²) in [5.41, 5.74) is 0.774. The third kappa shape index (κ3) is 4.38. The zero-order valence-corrected chi connectivity index (χ0v) is 19.4. The first kappa shape index (κ1) is 23.4. The van der Waals surface area contributed by atoms with Gasteiger partial charge in [0.1, 0.15) is 19.0 Å². The standard InChI is InChI=1S/C25H28N2O7/c1-26(2)9-4-10-27-22(15-5-7-18(32-3)17(28)13-15)21(24(30)25(27)31)23(29)16-6-8-19-20(14-16)34-12-11-33-19/h5-8,13-14,22,28-29H,4,9-12H2,1-3H3/b23-21-. The fourth-order valence-electron chi connectivity index (χ4n) is 4.24. The van der Waals surface area contributed by atoms with Gasteiger partial charge in [-0.3, -0.25) is 9.59 Å². The third-order valence-corrected chi connectivity index (χ3v) is 5.88. The number of carbonyl (C=O) groups excluding carboxylic acids is 2. The number of methoxy groups -OCH3 is 1. The van der Waals surface area contributed by atoms with Crippen molar-refractivity contribution in [2.75, 3.05) is 47.5 Å². The van der Waals surface area contributed by atoms with Gasteiger partial charge in [-0.05, 0) is 63.0 Å². The molecule has 2 aromatic rings. The van der Waals surface area contributed by atoms with E-state index in [-0.39, 0.29) is 22.8 Å². The Bertz CT molecular complexity index is 1140. The van der Waals surface area contributed by atoms with Gasteiger partial charge >= 0.3 is 0 Å². The van der Waals surface area contributed by atoms with Crippen molar-refractivity contribution in [1.29, 1.82) is 0 Å². The summed E-state index contributed by atoms with van der Waals surface area (Å²) in [4.78, 5) is 29.6. The number of ether oxygens (including phenoxy) is 3. The monoisotopic (exact) mass is 468 g/mol. The molecule has 0 bridgehead atoms. The summed E-state index contributed by atoms with van der Waals surface area (Å²) < 4.78 is 16.3. The molecule has 1 fully saturated rings. The van der Waals surface area contributed by atoms with Gasteiger partial charge in [0.15, 0.2) is 23.0 Å². The number of hydrogen-bond acceptors (Lipinski definition) is 8. The molecule has 2 aliphatic rings. The van der Waals surface area contributed by atoms with E-state index < -0.39 is 17.7 Å². The van der Waals surface area contributed by atoms with Crippen LogP contribution in [0.2, 0.25) is 0 Å². The summed E-state index contributed by atoms with van der Waals surface area (Å²) in [5, 5.41) is 21.6. The summed E-state index contributed by atoms with van der Waals surface area (Å²) in [5.74, 6) is -0.655. The third-order valence-electron chi connectivity index (χ3n) is 5.88. The Hall–Kier alpha value is -3.72. The molecule has 0 radical (unpaired) electrons. The number of carbonyl (C=O) groups is 2. The molecule has 1 unspecified atom stereocenters. The fraction of sp³-hybridized carbons (Fsp3) is 0.360. The zero-order chi connectivity index (χ0) is 24.4. The molecule has 34 heavy (non-hydrogen) atoms. The van der Waals surface area contributed by atoms with E-state index in [0.717, 1.165) is 0 Å². The van der Waals surface area contributed by atoms with E-state index >= 15 is 0 Å². The first-order valence-corrected chi connectivity index (χ1v) is 11.0. The largest absolute Gasteiger partial charge is 0.507 e. The lowest BCUT2D eigenvalue weighted by atomic mass is 9.94. The molecular weight excluding hydrogens is 440 g/mol. The molecular formula is C25H28N2O7. The predicted molar refractivity (Wildman–Crippen MR) is 124 cm³/mol. The minimum absolute atomic E-state index is 0.0453. The Morgan fingerprint density at radius 3 is 2.53 bits per heavy atom. The molecule has 9 nitrogen and oxygen atoms in total. The number of aliphatic hydroxyl groups excluding tert-OH is 1. The van der Waals surface area contributed by atoms with Gasteiger partial charge in [0, 0.05) is 12.1 Å². The summed E-state index contributed by atoms with van der Waals surface area (Å²) in [6.45, 7) is 1.82. The van der Waals surface area contributed by atoms with Gasteiger partial charge in [-0.1, -0.05) is 6.07 Å². The highest BCUT2D eigenvalue weighted by atomic mass is 16.6. The molecule has 0 aromatic heterocycles. The summed E-state index contributed by atoms with van der Waals surface area (Å²) in [7, 11) is 5.29. The average molecular weight is 469 g/mol. The highest BCUT2D eigenvalue weighted by Gasteiger charge is 2.46. The van der Waals surface area contributed by atoms with E-state index in [1.54, 1.807) is 30.3 Å². The van der Waals surface area contributed by atoms with Crippen molar-refractivity contribution in [1.82, 2.24) is 9.80 Å². The Labute approximate surface area is 197 Å². The van der Waals surface area contributed by atoms with Gasteiger partial charge < -0.3 is 34.2 Å². The number of benzene rings is 2. The lowest BCUT2D eigenvalue weighted by molar-refractivity contribution is -0.139. The van der Waals surface area contributed by atoms with Gasteiger partial charge in [0.05, 0.1) is 18.7 Å². The molecule has 1 amide bonds. The second-order valence-electron chi connectivity index (χ2n) is 8.44. The molecule has 0 aliphatic carbocycles. The average Bonchev–Trinajstić information content (AvgIpc) is 3.08. The minimum Gasteiger partial charge on any atom is -0.507 e. The van der Waals surface area contributed by atoms with Crippen molar-refractivity contribution >= 4 is 17.4 Å². The predicted octanol–water partition coefficient (Wildman–Crippen LogP) is 2.55. The van der Waals surface area contributed by atoms with Gasteiger partial charge in [-0.2, -0.15) is 0 Å². The Balaban J connectivity index is 1.80. The van der Waals surface area contributed by atoms with Crippen molar-refractivity contribution in [3.8, 4) is 23.0 Å². The number of aliphatic hydroxyl groups is 1. The molecule has 4 rings (SSSR count). The van der Waals surface area contributed by atoms with Crippen LogP contribution in [-0.4, -0.2) is 79.2 Å². The van der Waals surface area contributed by atoms with E-state index in [0.29, 0.717) is 55.4 Å². The first-order chi connectivity index (χ1) is 16.3.